The van der Waals surface area contributed by atoms with E-state index in [0.29, 0.717) is 5.75 Å². The number of carbonyl (C=O) groups excluding carboxylic acids is 1. The molecule has 2 aromatic rings. The number of sulfonamides is 1. The van der Waals surface area contributed by atoms with Gasteiger partial charge in [-0.1, -0.05) is 6.07 Å². The highest BCUT2D eigenvalue weighted by Crippen LogP contribution is 2.24. The van der Waals surface area contributed by atoms with Crippen molar-refractivity contribution >= 4 is 28.0 Å². The van der Waals surface area contributed by atoms with Gasteiger partial charge in [0.15, 0.2) is 11.5 Å². The zero-order valence-electron chi connectivity index (χ0n) is 16.7. The molecule has 0 saturated carbocycles. The molecule has 0 aromatic heterocycles. The SMILES string of the molecule is O=C(COc1ccc(N2C=NNN2)cc1)N1CCN(S(=O)(=O)c2c(F)cccc2F)CC1. The average molecular weight is 466 g/mol. The van der Waals surface area contributed by atoms with Gasteiger partial charge in [-0.15, -0.1) is 5.53 Å². The minimum atomic E-state index is -4.35. The van der Waals surface area contributed by atoms with Crippen LogP contribution < -0.4 is 20.8 Å². The predicted octanol–water partition coefficient (Wildman–Crippen LogP) is 0.649. The molecule has 0 spiro atoms. The average Bonchev–Trinajstić information content (AvgIpc) is 3.33. The third-order valence-electron chi connectivity index (χ3n) is 4.99. The molecule has 0 unspecified atom stereocenters. The van der Waals surface area contributed by atoms with Crippen molar-refractivity contribution in [2.45, 2.75) is 4.90 Å². The van der Waals surface area contributed by atoms with Crippen molar-refractivity contribution < 1.29 is 26.7 Å². The van der Waals surface area contributed by atoms with Gasteiger partial charge in [0, 0.05) is 26.2 Å². The Morgan fingerprint density at radius 1 is 1.03 bits per heavy atom. The number of anilines is 1. The first-order valence-corrected chi connectivity index (χ1v) is 11.1. The summed E-state index contributed by atoms with van der Waals surface area (Å²) < 4.78 is 59.6. The number of rotatable bonds is 6. The molecule has 13 heteroatoms. The van der Waals surface area contributed by atoms with Gasteiger partial charge in [-0.2, -0.15) is 9.41 Å². The molecule has 2 heterocycles. The van der Waals surface area contributed by atoms with E-state index in [4.69, 9.17) is 4.74 Å². The van der Waals surface area contributed by atoms with E-state index in [1.807, 2.05) is 0 Å². The summed E-state index contributed by atoms with van der Waals surface area (Å²) in [6, 6.07) is 9.84. The van der Waals surface area contributed by atoms with Crippen LogP contribution in [-0.2, 0) is 14.8 Å². The van der Waals surface area contributed by atoms with Gasteiger partial charge < -0.3 is 9.64 Å². The third kappa shape index (κ3) is 4.49. The number of nitrogens with one attached hydrogen (secondary N) is 2. The monoisotopic (exact) mass is 466 g/mol. The van der Waals surface area contributed by atoms with Gasteiger partial charge in [0.1, 0.15) is 23.7 Å². The second kappa shape index (κ2) is 9.06. The normalized spacial score (nSPS) is 16.8. The van der Waals surface area contributed by atoms with Crippen molar-refractivity contribution in [1.29, 1.82) is 0 Å². The number of nitrogens with zero attached hydrogens (tertiary/aromatic N) is 4. The van der Waals surface area contributed by atoms with E-state index in [1.54, 1.807) is 35.6 Å². The second-order valence-electron chi connectivity index (χ2n) is 6.96. The van der Waals surface area contributed by atoms with Gasteiger partial charge in [0.05, 0.1) is 5.69 Å². The molecule has 0 radical (unpaired) electrons. The second-order valence-corrected chi connectivity index (χ2v) is 8.83. The lowest BCUT2D eigenvalue weighted by Gasteiger charge is -2.34. The number of carbonyl (C=O) groups is 1. The molecule has 1 amide bonds. The fraction of sp³-hybridized carbons (Fsp3) is 0.263. The van der Waals surface area contributed by atoms with Crippen molar-refractivity contribution in [3.8, 4) is 5.75 Å². The maximum atomic E-state index is 13.9. The molecule has 0 bridgehead atoms. The fourth-order valence-corrected chi connectivity index (χ4v) is 4.84. The van der Waals surface area contributed by atoms with Gasteiger partial charge in [0.25, 0.3) is 5.91 Å². The van der Waals surface area contributed by atoms with E-state index in [0.717, 1.165) is 28.2 Å². The van der Waals surface area contributed by atoms with Crippen LogP contribution in [0.2, 0.25) is 0 Å². The predicted molar refractivity (Wildman–Crippen MR) is 111 cm³/mol. The van der Waals surface area contributed by atoms with Crippen LogP contribution in [0.3, 0.4) is 0 Å². The summed E-state index contributed by atoms with van der Waals surface area (Å²) >= 11 is 0. The van der Waals surface area contributed by atoms with Crippen molar-refractivity contribution in [1.82, 2.24) is 20.3 Å². The van der Waals surface area contributed by atoms with E-state index in [1.165, 1.54) is 4.90 Å². The Morgan fingerprint density at radius 2 is 1.69 bits per heavy atom. The number of ether oxygens (including phenoxy) is 1. The molecule has 1 fully saturated rings. The minimum absolute atomic E-state index is 0.0744. The summed E-state index contributed by atoms with van der Waals surface area (Å²) in [4.78, 5) is 12.9. The number of hydrazine groups is 2. The summed E-state index contributed by atoms with van der Waals surface area (Å²) in [7, 11) is -4.35. The Labute approximate surface area is 183 Å². The quantitative estimate of drug-likeness (QED) is 0.644. The first-order valence-electron chi connectivity index (χ1n) is 9.64. The zero-order valence-corrected chi connectivity index (χ0v) is 17.6. The van der Waals surface area contributed by atoms with E-state index in [2.05, 4.69) is 16.2 Å². The lowest BCUT2D eigenvalue weighted by molar-refractivity contribution is -0.134. The summed E-state index contributed by atoms with van der Waals surface area (Å²) in [5, 5.41) is 5.45. The van der Waals surface area contributed by atoms with Crippen LogP contribution in [0, 0.1) is 11.6 Å². The smallest absolute Gasteiger partial charge is 0.260 e. The Balaban J connectivity index is 1.30. The Bertz CT molecular complexity index is 1100. The number of halogens is 2. The first kappa shape index (κ1) is 21.9. The van der Waals surface area contributed by atoms with E-state index < -0.39 is 26.6 Å². The summed E-state index contributed by atoms with van der Waals surface area (Å²) in [5.74, 6) is -2.12. The molecule has 0 atom stereocenters. The minimum Gasteiger partial charge on any atom is -0.484 e. The third-order valence-corrected chi connectivity index (χ3v) is 6.94. The molecule has 32 heavy (non-hydrogen) atoms. The maximum absolute atomic E-state index is 13.9. The number of benzene rings is 2. The number of hydrogen-bond acceptors (Lipinski definition) is 8. The molecule has 2 aliphatic rings. The molecule has 2 aromatic carbocycles. The number of piperazine rings is 1. The first-order chi connectivity index (χ1) is 15.4. The Kier molecular flexibility index (Phi) is 6.21. The molecule has 10 nitrogen and oxygen atoms in total. The zero-order chi connectivity index (χ0) is 22.7. The molecule has 0 aliphatic carbocycles. The van der Waals surface area contributed by atoms with Gasteiger partial charge in [-0.05, 0) is 36.4 Å². The van der Waals surface area contributed by atoms with Crippen LogP contribution in [0.1, 0.15) is 0 Å². The van der Waals surface area contributed by atoms with E-state index in [9.17, 15) is 22.0 Å². The number of hydrogen-bond donors (Lipinski definition) is 2. The van der Waals surface area contributed by atoms with Crippen molar-refractivity contribution in [3.05, 3.63) is 54.1 Å². The highest BCUT2D eigenvalue weighted by molar-refractivity contribution is 7.89. The number of amides is 1. The highest BCUT2D eigenvalue weighted by atomic mass is 32.2. The fourth-order valence-electron chi connectivity index (χ4n) is 3.30. The van der Waals surface area contributed by atoms with E-state index >= 15 is 0 Å². The van der Waals surface area contributed by atoms with Crippen LogP contribution >= 0.6 is 0 Å². The number of hydrazone groups is 1. The van der Waals surface area contributed by atoms with Crippen LogP contribution in [0.4, 0.5) is 14.5 Å². The van der Waals surface area contributed by atoms with E-state index in [-0.39, 0.29) is 38.7 Å². The van der Waals surface area contributed by atoms with Gasteiger partial charge in [-0.3, -0.25) is 4.79 Å². The molecule has 170 valence electrons. The summed E-state index contributed by atoms with van der Waals surface area (Å²) in [6.07, 6.45) is 1.56. The molecular weight excluding hydrogens is 446 g/mol. The summed E-state index contributed by atoms with van der Waals surface area (Å²) in [6.45, 7) is -0.199. The van der Waals surface area contributed by atoms with Crippen LogP contribution in [0.25, 0.3) is 0 Å². The van der Waals surface area contributed by atoms with Crippen molar-refractivity contribution in [2.24, 2.45) is 5.10 Å². The molecule has 1 saturated heterocycles. The lowest BCUT2D eigenvalue weighted by Crippen LogP contribution is -2.51. The maximum Gasteiger partial charge on any atom is 0.260 e. The largest absolute Gasteiger partial charge is 0.484 e. The van der Waals surface area contributed by atoms with Crippen LogP contribution in [0.15, 0.2) is 52.5 Å². The van der Waals surface area contributed by atoms with Crippen molar-refractivity contribution in [2.75, 3.05) is 37.8 Å². The molecular formula is C19H20F2N6O4S. The molecule has 4 rings (SSSR count). The summed E-state index contributed by atoms with van der Waals surface area (Å²) in [5.41, 5.74) is 6.17. The van der Waals surface area contributed by atoms with Gasteiger partial charge >= 0.3 is 0 Å². The molecule has 2 aliphatic heterocycles. The van der Waals surface area contributed by atoms with Crippen molar-refractivity contribution in [3.63, 3.8) is 0 Å². The van der Waals surface area contributed by atoms with Gasteiger partial charge in [0.2, 0.25) is 10.0 Å². The van der Waals surface area contributed by atoms with Crippen LogP contribution in [0.5, 0.6) is 5.75 Å². The molecule has 2 N–H and O–H groups in total. The standard InChI is InChI=1S/C19H20F2N6O4S/c20-16-2-1-3-17(21)19(16)32(29,30)26-10-8-25(9-11-26)18(28)12-31-15-6-4-14(5-7-15)27-13-22-23-24-27/h1-7,13,23-24H,8-12H2. The van der Waals surface area contributed by atoms with Crippen LogP contribution in [-0.4, -0.2) is 62.7 Å². The highest BCUT2D eigenvalue weighted by Gasteiger charge is 2.34. The van der Waals surface area contributed by atoms with Gasteiger partial charge in [-0.25, -0.2) is 27.7 Å². The Morgan fingerprint density at radius 3 is 2.28 bits per heavy atom. The topological polar surface area (TPSA) is 107 Å². The lowest BCUT2D eigenvalue weighted by atomic mass is 10.3. The Hall–Kier alpha value is -3.29.